The molecule has 1 aromatic rings. The van der Waals surface area contributed by atoms with Gasteiger partial charge in [0, 0.05) is 12.1 Å². The molecule has 0 aliphatic carbocycles. The first-order chi connectivity index (χ1) is 9.72. The van der Waals surface area contributed by atoms with E-state index in [9.17, 15) is 12.8 Å². The first-order valence-corrected chi connectivity index (χ1v) is 8.57. The fourth-order valence-electron chi connectivity index (χ4n) is 2.75. The van der Waals surface area contributed by atoms with Crippen LogP contribution in [0.15, 0.2) is 17.0 Å². The van der Waals surface area contributed by atoms with Gasteiger partial charge in [-0.15, -0.1) is 4.83 Å². The average Bonchev–Trinajstić information content (AvgIpc) is 2.38. The minimum absolute atomic E-state index is 0.0198. The molecule has 118 valence electrons. The number of benzene rings is 1. The summed E-state index contributed by atoms with van der Waals surface area (Å²) in [6.45, 7) is 5.54. The lowest BCUT2D eigenvalue weighted by atomic mass is 10.0. The van der Waals surface area contributed by atoms with Crippen LogP contribution in [0.3, 0.4) is 0 Å². The number of piperidine rings is 1. The van der Waals surface area contributed by atoms with E-state index in [0.29, 0.717) is 5.56 Å². The molecular weight excluding hydrogens is 293 g/mol. The Morgan fingerprint density at radius 2 is 1.86 bits per heavy atom. The number of hydrogen-bond donors (Lipinski definition) is 2. The molecule has 0 saturated carbocycles. The van der Waals surface area contributed by atoms with Crippen LogP contribution in [0.25, 0.3) is 0 Å². The second kappa shape index (κ2) is 5.90. The molecule has 1 saturated heterocycles. The van der Waals surface area contributed by atoms with Gasteiger partial charge in [-0.25, -0.2) is 17.8 Å². The standard InChI is InChI=1S/C14H22FN3O2S/c1-9-7-12(15)13(16)8-14(9)21(19,20)17-18-10(2)5-4-6-11(18)3/h7-8,10-11,17H,4-6,16H2,1-3H3. The third kappa shape index (κ3) is 3.36. The number of halogens is 1. The van der Waals surface area contributed by atoms with Crippen molar-refractivity contribution in [2.45, 2.75) is 57.0 Å². The molecule has 0 bridgehead atoms. The number of nitrogens with one attached hydrogen (secondary N) is 1. The summed E-state index contributed by atoms with van der Waals surface area (Å²) in [6.07, 6.45) is 2.97. The van der Waals surface area contributed by atoms with Gasteiger partial charge in [0.15, 0.2) is 0 Å². The Morgan fingerprint density at radius 3 is 2.43 bits per heavy atom. The SMILES string of the molecule is Cc1cc(F)c(N)cc1S(=O)(=O)NN1C(C)CCCC1C. The van der Waals surface area contributed by atoms with Crippen molar-refractivity contribution in [2.24, 2.45) is 0 Å². The molecule has 1 aliphatic rings. The summed E-state index contributed by atoms with van der Waals surface area (Å²) in [5, 5.41) is 1.76. The molecule has 1 fully saturated rings. The molecule has 0 aromatic heterocycles. The quantitative estimate of drug-likeness (QED) is 0.838. The van der Waals surface area contributed by atoms with Crippen molar-refractivity contribution in [1.29, 1.82) is 0 Å². The first kappa shape index (κ1) is 16.2. The van der Waals surface area contributed by atoms with Crippen LogP contribution in [-0.4, -0.2) is 25.5 Å². The Hall–Kier alpha value is -1.18. The molecule has 3 N–H and O–H groups in total. The molecule has 2 rings (SSSR count). The Balaban J connectivity index is 2.32. The van der Waals surface area contributed by atoms with Crippen LogP contribution >= 0.6 is 0 Å². The number of nitrogens with zero attached hydrogens (tertiary/aromatic N) is 1. The van der Waals surface area contributed by atoms with E-state index in [4.69, 9.17) is 5.73 Å². The minimum Gasteiger partial charge on any atom is -0.396 e. The maximum atomic E-state index is 13.4. The van der Waals surface area contributed by atoms with E-state index < -0.39 is 15.8 Å². The van der Waals surface area contributed by atoms with Crippen LogP contribution in [0, 0.1) is 12.7 Å². The fraction of sp³-hybridized carbons (Fsp3) is 0.571. The highest BCUT2D eigenvalue weighted by molar-refractivity contribution is 7.89. The van der Waals surface area contributed by atoms with Crippen molar-refractivity contribution in [2.75, 3.05) is 5.73 Å². The first-order valence-electron chi connectivity index (χ1n) is 7.09. The van der Waals surface area contributed by atoms with Crippen LogP contribution in [0.2, 0.25) is 0 Å². The number of nitrogen functional groups attached to an aromatic ring is 1. The molecule has 21 heavy (non-hydrogen) atoms. The lowest BCUT2D eigenvalue weighted by molar-refractivity contribution is 0.0790. The zero-order valence-electron chi connectivity index (χ0n) is 12.6. The second-order valence-corrected chi connectivity index (χ2v) is 7.40. The number of hydrazine groups is 1. The largest absolute Gasteiger partial charge is 0.396 e. The number of sulfonamides is 1. The highest BCUT2D eigenvalue weighted by atomic mass is 32.2. The predicted molar refractivity (Wildman–Crippen MR) is 80.5 cm³/mol. The van der Waals surface area contributed by atoms with Gasteiger partial charge in [0.2, 0.25) is 0 Å². The van der Waals surface area contributed by atoms with E-state index in [0.717, 1.165) is 25.3 Å². The molecule has 0 spiro atoms. The van der Waals surface area contributed by atoms with E-state index in [2.05, 4.69) is 4.83 Å². The van der Waals surface area contributed by atoms with Gasteiger partial charge in [-0.1, -0.05) is 6.42 Å². The molecule has 5 nitrogen and oxygen atoms in total. The van der Waals surface area contributed by atoms with Crippen LogP contribution in [0.4, 0.5) is 10.1 Å². The number of nitrogens with two attached hydrogens (primary N) is 1. The van der Waals surface area contributed by atoms with Crippen LogP contribution in [-0.2, 0) is 10.0 Å². The van der Waals surface area contributed by atoms with Crippen LogP contribution in [0.5, 0.6) is 0 Å². The van der Waals surface area contributed by atoms with Gasteiger partial charge in [-0.05, 0) is 51.3 Å². The summed E-state index contributed by atoms with van der Waals surface area (Å²) < 4.78 is 38.5. The summed E-state index contributed by atoms with van der Waals surface area (Å²) in [6, 6.07) is 2.57. The van der Waals surface area contributed by atoms with Gasteiger partial charge < -0.3 is 5.73 Å². The van der Waals surface area contributed by atoms with Gasteiger partial charge >= 0.3 is 0 Å². The zero-order valence-corrected chi connectivity index (χ0v) is 13.4. The Labute approximate surface area is 125 Å². The third-order valence-corrected chi connectivity index (χ3v) is 5.47. The van der Waals surface area contributed by atoms with Gasteiger partial charge in [0.25, 0.3) is 10.0 Å². The highest BCUT2D eigenvalue weighted by Crippen LogP contribution is 2.25. The summed E-state index contributed by atoms with van der Waals surface area (Å²) in [7, 11) is -3.77. The highest BCUT2D eigenvalue weighted by Gasteiger charge is 2.30. The van der Waals surface area contributed by atoms with Crippen molar-refractivity contribution in [3.8, 4) is 0 Å². The zero-order chi connectivity index (χ0) is 15.8. The van der Waals surface area contributed by atoms with Crippen molar-refractivity contribution in [3.05, 3.63) is 23.5 Å². The summed E-state index contributed by atoms with van der Waals surface area (Å²) in [4.78, 5) is 2.65. The molecular formula is C14H22FN3O2S. The summed E-state index contributed by atoms with van der Waals surface area (Å²) >= 11 is 0. The molecule has 1 aliphatic heterocycles. The smallest absolute Gasteiger partial charge is 0.253 e. The normalized spacial score (nSPS) is 24.2. The van der Waals surface area contributed by atoms with E-state index in [1.54, 1.807) is 11.9 Å². The van der Waals surface area contributed by atoms with E-state index in [-0.39, 0.29) is 22.7 Å². The third-order valence-electron chi connectivity index (χ3n) is 4.00. The minimum atomic E-state index is -3.77. The van der Waals surface area contributed by atoms with E-state index in [1.165, 1.54) is 6.07 Å². The second-order valence-electron chi connectivity index (χ2n) is 5.77. The number of rotatable bonds is 3. The van der Waals surface area contributed by atoms with Crippen LogP contribution < -0.4 is 10.6 Å². The topological polar surface area (TPSA) is 75.4 Å². The molecule has 0 radical (unpaired) electrons. The van der Waals surface area contributed by atoms with Crippen molar-refractivity contribution >= 4 is 15.7 Å². The summed E-state index contributed by atoms with van der Waals surface area (Å²) in [5.74, 6) is -0.605. The van der Waals surface area contributed by atoms with Gasteiger partial charge in [-0.3, -0.25) is 0 Å². The predicted octanol–water partition coefficient (Wildman–Crippen LogP) is 2.17. The summed E-state index contributed by atoms with van der Waals surface area (Å²) in [5.41, 5.74) is 5.67. The average molecular weight is 315 g/mol. The molecule has 2 atom stereocenters. The van der Waals surface area contributed by atoms with E-state index >= 15 is 0 Å². The number of anilines is 1. The van der Waals surface area contributed by atoms with Crippen LogP contribution in [0.1, 0.15) is 38.7 Å². The molecule has 7 heteroatoms. The molecule has 2 unspecified atom stereocenters. The van der Waals surface area contributed by atoms with Gasteiger partial charge in [-0.2, -0.15) is 0 Å². The van der Waals surface area contributed by atoms with Crippen molar-refractivity contribution in [1.82, 2.24) is 9.84 Å². The Kier molecular flexibility index (Phi) is 4.55. The van der Waals surface area contributed by atoms with Gasteiger partial charge in [0.05, 0.1) is 10.6 Å². The Morgan fingerprint density at radius 1 is 1.29 bits per heavy atom. The maximum Gasteiger partial charge on any atom is 0.253 e. The number of aryl methyl sites for hydroxylation is 1. The molecule has 1 heterocycles. The van der Waals surface area contributed by atoms with Crippen molar-refractivity contribution in [3.63, 3.8) is 0 Å². The maximum absolute atomic E-state index is 13.4. The van der Waals surface area contributed by atoms with E-state index in [1.807, 2.05) is 13.8 Å². The molecule has 1 aromatic carbocycles. The number of hydrogen-bond acceptors (Lipinski definition) is 4. The fourth-order valence-corrected chi connectivity index (χ4v) is 4.25. The monoisotopic (exact) mass is 315 g/mol. The van der Waals surface area contributed by atoms with Crippen molar-refractivity contribution < 1.29 is 12.8 Å². The Bertz CT molecular complexity index is 623. The van der Waals surface area contributed by atoms with Gasteiger partial charge in [0.1, 0.15) is 5.82 Å². The molecule has 0 amide bonds. The lowest BCUT2D eigenvalue weighted by Gasteiger charge is -2.38. The lowest BCUT2D eigenvalue weighted by Crippen LogP contribution is -2.54.